The Hall–Kier alpha value is -3.49. The summed E-state index contributed by atoms with van der Waals surface area (Å²) >= 11 is 0. The summed E-state index contributed by atoms with van der Waals surface area (Å²) in [4.78, 5) is 35.2. The molecule has 1 unspecified atom stereocenters. The lowest BCUT2D eigenvalue weighted by molar-refractivity contribution is -0.128. The summed E-state index contributed by atoms with van der Waals surface area (Å²) in [7, 11) is 1.80. The fourth-order valence-electron chi connectivity index (χ4n) is 3.11. The molecule has 1 N–H and O–H groups in total. The van der Waals surface area contributed by atoms with Crippen molar-refractivity contribution in [2.24, 2.45) is 7.05 Å². The largest absolute Gasteiger partial charge is 0.353 e. The Bertz CT molecular complexity index is 964. The van der Waals surface area contributed by atoms with Gasteiger partial charge in [-0.15, -0.1) is 0 Å². The zero-order chi connectivity index (χ0) is 18.8. The van der Waals surface area contributed by atoms with Crippen LogP contribution in [0.25, 0.3) is 11.4 Å². The standard InChI is InChI=1S/C18H18N6O3/c1-23-9-2-3-13(23)18(26)24-10-8-20-17(25)14(24)11-15-21-16(22-27-15)12-4-6-19-7-5-12/h2-7,9,14H,8,10-11H2,1H3,(H,20,25). The number of aromatic nitrogens is 4. The fraction of sp³-hybridized carbons (Fsp3) is 0.278. The van der Waals surface area contributed by atoms with Gasteiger partial charge in [-0.25, -0.2) is 0 Å². The highest BCUT2D eigenvalue weighted by atomic mass is 16.5. The number of carbonyl (C=O) groups excluding carboxylic acids is 2. The van der Waals surface area contributed by atoms with E-state index in [-0.39, 0.29) is 18.2 Å². The first-order valence-electron chi connectivity index (χ1n) is 8.56. The molecular formula is C18H18N6O3. The SMILES string of the molecule is Cn1cccc1C(=O)N1CCNC(=O)C1Cc1nc(-c2ccncc2)no1. The molecule has 4 rings (SSSR count). The number of aryl methyl sites for hydroxylation is 1. The van der Waals surface area contributed by atoms with Crippen LogP contribution in [-0.2, 0) is 18.3 Å². The summed E-state index contributed by atoms with van der Waals surface area (Å²) in [5, 5.41) is 6.76. The van der Waals surface area contributed by atoms with Crippen molar-refractivity contribution in [2.45, 2.75) is 12.5 Å². The number of hydrogen-bond donors (Lipinski definition) is 1. The van der Waals surface area contributed by atoms with Crippen LogP contribution in [0.4, 0.5) is 0 Å². The van der Waals surface area contributed by atoms with Crippen molar-refractivity contribution in [3.05, 3.63) is 54.4 Å². The van der Waals surface area contributed by atoms with Gasteiger partial charge in [-0.3, -0.25) is 14.6 Å². The third-order valence-corrected chi connectivity index (χ3v) is 4.53. The lowest BCUT2D eigenvalue weighted by Gasteiger charge is -2.34. The van der Waals surface area contributed by atoms with Crippen molar-refractivity contribution in [1.82, 2.24) is 29.9 Å². The molecule has 3 aromatic heterocycles. The van der Waals surface area contributed by atoms with Crippen LogP contribution < -0.4 is 5.32 Å². The van der Waals surface area contributed by atoms with E-state index in [1.54, 1.807) is 59.4 Å². The maximum absolute atomic E-state index is 12.9. The molecule has 0 saturated carbocycles. The molecule has 27 heavy (non-hydrogen) atoms. The molecule has 9 nitrogen and oxygen atoms in total. The minimum absolute atomic E-state index is 0.153. The minimum Gasteiger partial charge on any atom is -0.353 e. The van der Waals surface area contributed by atoms with Crippen LogP contribution in [-0.4, -0.2) is 55.5 Å². The lowest BCUT2D eigenvalue weighted by Crippen LogP contribution is -2.58. The van der Waals surface area contributed by atoms with Gasteiger partial charge in [0.15, 0.2) is 0 Å². The van der Waals surface area contributed by atoms with E-state index in [1.165, 1.54) is 0 Å². The average molecular weight is 366 g/mol. The van der Waals surface area contributed by atoms with Gasteiger partial charge >= 0.3 is 0 Å². The molecular weight excluding hydrogens is 348 g/mol. The molecule has 1 aliphatic heterocycles. The highest BCUT2D eigenvalue weighted by Crippen LogP contribution is 2.18. The minimum atomic E-state index is -0.702. The molecule has 0 spiro atoms. The Morgan fingerprint density at radius 2 is 2.15 bits per heavy atom. The number of nitrogens with one attached hydrogen (secondary N) is 1. The van der Waals surface area contributed by atoms with Gasteiger partial charge in [0.05, 0.1) is 6.42 Å². The summed E-state index contributed by atoms with van der Waals surface area (Å²) < 4.78 is 7.04. The van der Waals surface area contributed by atoms with Crippen molar-refractivity contribution >= 4 is 11.8 Å². The topological polar surface area (TPSA) is 106 Å². The Morgan fingerprint density at radius 1 is 1.33 bits per heavy atom. The van der Waals surface area contributed by atoms with E-state index in [4.69, 9.17) is 4.52 Å². The third kappa shape index (κ3) is 3.31. The monoisotopic (exact) mass is 366 g/mol. The van der Waals surface area contributed by atoms with Crippen LogP contribution in [0.2, 0.25) is 0 Å². The van der Waals surface area contributed by atoms with E-state index in [0.717, 1.165) is 5.56 Å². The molecule has 2 amide bonds. The zero-order valence-corrected chi connectivity index (χ0v) is 14.7. The normalized spacial score (nSPS) is 17.0. The van der Waals surface area contributed by atoms with E-state index in [0.29, 0.717) is 30.5 Å². The molecule has 1 saturated heterocycles. The maximum atomic E-state index is 12.9. The Kier molecular flexibility index (Phi) is 4.41. The second-order valence-electron chi connectivity index (χ2n) is 6.26. The van der Waals surface area contributed by atoms with Crippen molar-refractivity contribution in [3.63, 3.8) is 0 Å². The third-order valence-electron chi connectivity index (χ3n) is 4.53. The summed E-state index contributed by atoms with van der Waals surface area (Å²) in [6.07, 6.45) is 5.23. The van der Waals surface area contributed by atoms with E-state index >= 15 is 0 Å². The Morgan fingerprint density at radius 3 is 2.89 bits per heavy atom. The smallest absolute Gasteiger partial charge is 0.271 e. The number of nitrogens with zero attached hydrogens (tertiary/aromatic N) is 5. The molecule has 0 radical (unpaired) electrons. The molecule has 1 aliphatic rings. The van der Waals surface area contributed by atoms with Gasteiger partial charge in [0.25, 0.3) is 5.91 Å². The predicted molar refractivity (Wildman–Crippen MR) is 94.5 cm³/mol. The van der Waals surface area contributed by atoms with Crippen LogP contribution in [0.3, 0.4) is 0 Å². The van der Waals surface area contributed by atoms with E-state index < -0.39 is 6.04 Å². The number of amides is 2. The summed E-state index contributed by atoms with van der Waals surface area (Å²) in [6.45, 7) is 0.837. The lowest BCUT2D eigenvalue weighted by atomic mass is 10.1. The van der Waals surface area contributed by atoms with Gasteiger partial charge < -0.3 is 19.3 Å². The molecule has 1 atom stereocenters. The predicted octanol–water partition coefficient (Wildman–Crippen LogP) is 0.653. The highest BCUT2D eigenvalue weighted by Gasteiger charge is 2.35. The summed E-state index contributed by atoms with van der Waals surface area (Å²) in [6, 6.07) is 6.37. The van der Waals surface area contributed by atoms with E-state index in [9.17, 15) is 9.59 Å². The molecule has 1 fully saturated rings. The molecule has 3 aromatic rings. The van der Waals surface area contributed by atoms with Crippen LogP contribution in [0.1, 0.15) is 16.4 Å². The first-order valence-corrected chi connectivity index (χ1v) is 8.56. The van der Waals surface area contributed by atoms with Crippen LogP contribution >= 0.6 is 0 Å². The quantitative estimate of drug-likeness (QED) is 0.727. The van der Waals surface area contributed by atoms with E-state index in [1.807, 2.05) is 0 Å². The van der Waals surface area contributed by atoms with Gasteiger partial charge in [0, 0.05) is 44.3 Å². The number of rotatable bonds is 4. The number of pyridine rings is 1. The fourth-order valence-corrected chi connectivity index (χ4v) is 3.11. The van der Waals surface area contributed by atoms with Crippen LogP contribution in [0.15, 0.2) is 47.4 Å². The van der Waals surface area contributed by atoms with Gasteiger partial charge in [0.2, 0.25) is 17.6 Å². The van der Waals surface area contributed by atoms with Crippen LogP contribution in [0, 0.1) is 0 Å². The van der Waals surface area contributed by atoms with Crippen molar-refractivity contribution in [2.75, 3.05) is 13.1 Å². The molecule has 138 valence electrons. The first kappa shape index (κ1) is 17.0. The molecule has 0 aliphatic carbocycles. The second kappa shape index (κ2) is 7.02. The average Bonchev–Trinajstić information content (AvgIpc) is 3.32. The first-order chi connectivity index (χ1) is 13.1. The highest BCUT2D eigenvalue weighted by molar-refractivity contribution is 5.97. The number of hydrogen-bond acceptors (Lipinski definition) is 6. The van der Waals surface area contributed by atoms with Gasteiger partial charge in [-0.2, -0.15) is 4.98 Å². The van der Waals surface area contributed by atoms with Crippen LogP contribution in [0.5, 0.6) is 0 Å². The zero-order valence-electron chi connectivity index (χ0n) is 14.7. The molecule has 0 aromatic carbocycles. The Labute approximate surface area is 155 Å². The van der Waals surface area contributed by atoms with Gasteiger partial charge in [-0.05, 0) is 24.3 Å². The number of carbonyl (C=O) groups is 2. The molecule has 4 heterocycles. The number of piperazine rings is 1. The summed E-state index contributed by atoms with van der Waals surface area (Å²) in [5.41, 5.74) is 1.29. The second-order valence-corrected chi connectivity index (χ2v) is 6.26. The van der Waals surface area contributed by atoms with E-state index in [2.05, 4.69) is 20.4 Å². The van der Waals surface area contributed by atoms with Crippen molar-refractivity contribution in [3.8, 4) is 11.4 Å². The van der Waals surface area contributed by atoms with Crippen molar-refractivity contribution < 1.29 is 14.1 Å². The Balaban J connectivity index is 1.57. The van der Waals surface area contributed by atoms with Gasteiger partial charge in [0.1, 0.15) is 11.7 Å². The molecule has 9 heteroatoms. The van der Waals surface area contributed by atoms with Crippen molar-refractivity contribution in [1.29, 1.82) is 0 Å². The molecule has 0 bridgehead atoms. The maximum Gasteiger partial charge on any atom is 0.271 e. The van der Waals surface area contributed by atoms with Gasteiger partial charge in [-0.1, -0.05) is 5.16 Å². The summed E-state index contributed by atoms with van der Waals surface area (Å²) in [5.74, 6) is 0.293.